The number of carbonyl (C=O) groups excluding carboxylic acids is 2. The molecule has 4 aromatic rings. The van der Waals surface area contributed by atoms with E-state index in [2.05, 4.69) is 31.0 Å². The first-order valence-electron chi connectivity index (χ1n) is 18.5. The maximum atomic E-state index is 14.1. The summed E-state index contributed by atoms with van der Waals surface area (Å²) < 4.78 is 65.4. The highest BCUT2D eigenvalue weighted by Gasteiger charge is 2.52. The molecule has 9 N–H and O–H groups in total. The Morgan fingerprint density at radius 2 is 1.67 bits per heavy atom. The van der Waals surface area contributed by atoms with Gasteiger partial charge in [0.2, 0.25) is 5.91 Å². The Hall–Kier alpha value is -4.92. The standard InChI is InChI=1S/C34H42ClN9O17P2/c1-3-4-9-23(45)42(2)18(12-55-19-8-6-5-7-17(19)35)33(48)60-27-20(58-32(25(27)46)44-16-40-24-29(37)38-15-39-30(24)44)14-57-63(53,54)61-28-21(13-56-62(50,51)52)59-31(26(28)47)43-11-10-22(36)41-34(43)49/h3,5-8,10-11,15-16,18,20-21,25-28,31-32,46-47H,1,4,9,12-14H2,2H3,(H,53,54)(H2,36,41,49)(H2,37,38,39)(H2,50,51,52)/t18?,20-,21-,25-,26-,27-,28-,31-,32-/m1/s1. The molecule has 63 heavy (non-hydrogen) atoms. The van der Waals surface area contributed by atoms with Gasteiger partial charge in [0.15, 0.2) is 36.1 Å². The van der Waals surface area contributed by atoms with Crippen molar-refractivity contribution in [3.63, 3.8) is 0 Å². The third-order valence-corrected chi connectivity index (χ3v) is 11.4. The Bertz CT molecular complexity index is 2460. The predicted molar refractivity (Wildman–Crippen MR) is 214 cm³/mol. The summed E-state index contributed by atoms with van der Waals surface area (Å²) in [6.45, 7) is 1.08. The van der Waals surface area contributed by atoms with Crippen LogP contribution < -0.4 is 21.9 Å². The number of allylic oxidation sites excluding steroid dienone is 1. The number of aromatic nitrogens is 6. The Morgan fingerprint density at radius 1 is 1.00 bits per heavy atom. The molecule has 2 aliphatic rings. The molecule has 1 aromatic carbocycles. The summed E-state index contributed by atoms with van der Waals surface area (Å²) in [5.41, 5.74) is 10.6. The number of halogens is 1. The molecular weight excluding hydrogens is 904 g/mol. The fraction of sp³-hybridized carbons (Fsp3) is 0.441. The molecule has 0 aliphatic carbocycles. The number of benzene rings is 1. The van der Waals surface area contributed by atoms with Gasteiger partial charge in [-0.05, 0) is 24.6 Å². The number of para-hydroxylation sites is 1. The number of imidazole rings is 1. The quantitative estimate of drug-likeness (QED) is 0.0364. The van der Waals surface area contributed by atoms with Crippen molar-refractivity contribution in [2.75, 3.05) is 38.3 Å². The Balaban J connectivity index is 1.26. The predicted octanol–water partition coefficient (Wildman–Crippen LogP) is -0.187. The van der Waals surface area contributed by atoms with Crippen molar-refractivity contribution in [2.24, 2.45) is 0 Å². The van der Waals surface area contributed by atoms with Crippen molar-refractivity contribution in [1.82, 2.24) is 34.0 Å². The molecule has 0 saturated carbocycles. The highest BCUT2D eigenvalue weighted by molar-refractivity contribution is 7.47. The average Bonchev–Trinajstić information content (AvgIpc) is 3.88. The van der Waals surface area contributed by atoms with Gasteiger partial charge in [0.05, 0.1) is 24.6 Å². The fourth-order valence-corrected chi connectivity index (χ4v) is 7.99. The van der Waals surface area contributed by atoms with Crippen LogP contribution >= 0.6 is 27.2 Å². The lowest BCUT2D eigenvalue weighted by Gasteiger charge is -2.29. The summed E-state index contributed by atoms with van der Waals surface area (Å²) in [6, 6.07) is 6.02. The molecule has 0 spiro atoms. The maximum Gasteiger partial charge on any atom is 0.472 e. The first-order chi connectivity index (χ1) is 29.8. The van der Waals surface area contributed by atoms with E-state index in [1.807, 2.05) is 0 Å². The van der Waals surface area contributed by atoms with Crippen LogP contribution in [-0.2, 0) is 46.5 Å². The van der Waals surface area contributed by atoms with Crippen molar-refractivity contribution in [2.45, 2.75) is 68.0 Å². The van der Waals surface area contributed by atoms with Gasteiger partial charge >= 0.3 is 27.3 Å². The number of amides is 1. The minimum absolute atomic E-state index is 0.0275. The third-order valence-electron chi connectivity index (χ3n) is 9.65. The van der Waals surface area contributed by atoms with Crippen molar-refractivity contribution < 1.29 is 76.1 Å². The van der Waals surface area contributed by atoms with E-state index in [-0.39, 0.29) is 46.4 Å². The Kier molecular flexibility index (Phi) is 15.0. The highest BCUT2D eigenvalue weighted by atomic mass is 35.5. The van der Waals surface area contributed by atoms with Gasteiger partial charge in [-0.25, -0.2) is 33.7 Å². The van der Waals surface area contributed by atoms with E-state index >= 15 is 0 Å². The summed E-state index contributed by atoms with van der Waals surface area (Å²) >= 11 is 6.26. The van der Waals surface area contributed by atoms with Crippen molar-refractivity contribution >= 4 is 61.9 Å². The first-order valence-corrected chi connectivity index (χ1v) is 21.9. The normalized spacial score (nSPS) is 25.1. The Labute approximate surface area is 360 Å². The first kappa shape index (κ1) is 47.6. The van der Waals surface area contributed by atoms with Crippen LogP contribution in [0, 0.1) is 0 Å². The highest BCUT2D eigenvalue weighted by Crippen LogP contribution is 2.50. The van der Waals surface area contributed by atoms with E-state index in [0.29, 0.717) is 0 Å². The van der Waals surface area contributed by atoms with Crippen molar-refractivity contribution in [1.29, 1.82) is 0 Å². The number of phosphoric acid groups is 2. The molecule has 342 valence electrons. The molecule has 29 heteroatoms. The third kappa shape index (κ3) is 11.2. The smallest absolute Gasteiger partial charge is 0.472 e. The maximum absolute atomic E-state index is 14.1. The second-order valence-corrected chi connectivity index (χ2v) is 16.9. The van der Waals surface area contributed by atoms with E-state index in [9.17, 15) is 48.4 Å². The van der Waals surface area contributed by atoms with Gasteiger partial charge in [-0.2, -0.15) is 4.98 Å². The SMILES string of the molecule is C=CCCC(=O)N(C)C(COc1ccccc1Cl)C(=O)O[C@H]1[C@@H](O)[C@H](n2cnc3c(N)ncnc32)O[C@@H]1COP(=O)(O)O[C@H]1[C@@H](O)[C@H](n2ccc(N)nc2=O)O[C@@H]1COP(=O)(O)O. The van der Waals surface area contributed by atoms with Gasteiger partial charge in [-0.1, -0.05) is 29.8 Å². The lowest BCUT2D eigenvalue weighted by Crippen LogP contribution is -2.50. The molecule has 0 bridgehead atoms. The average molecular weight is 946 g/mol. The number of hydrogen-bond acceptors (Lipinski definition) is 20. The van der Waals surface area contributed by atoms with E-state index in [1.54, 1.807) is 12.1 Å². The molecular formula is C34H42ClN9O17P2. The summed E-state index contributed by atoms with van der Waals surface area (Å²) in [5, 5.41) is 23.1. The molecule has 2 saturated heterocycles. The number of aliphatic hydroxyl groups is 2. The number of likely N-dealkylation sites (N-methyl/N-ethyl adjacent to an activating group) is 1. The van der Waals surface area contributed by atoms with Crippen LogP contribution in [0.15, 0.2) is 66.6 Å². The van der Waals surface area contributed by atoms with Crippen LogP contribution in [0.4, 0.5) is 11.6 Å². The van der Waals surface area contributed by atoms with Crippen LogP contribution in [0.2, 0.25) is 5.02 Å². The second kappa shape index (κ2) is 19.9. The van der Waals surface area contributed by atoms with Crippen LogP contribution in [0.1, 0.15) is 25.3 Å². The molecule has 2 aliphatic heterocycles. The summed E-state index contributed by atoms with van der Waals surface area (Å²) in [6.07, 6.45) is -9.01. The minimum atomic E-state index is -5.45. The fourth-order valence-electron chi connectivity index (χ4n) is 6.50. The van der Waals surface area contributed by atoms with E-state index in [4.69, 9.17) is 51.1 Å². The number of carbonyl (C=O) groups is 2. The van der Waals surface area contributed by atoms with E-state index < -0.39 is 108 Å². The summed E-state index contributed by atoms with van der Waals surface area (Å²) in [4.78, 5) is 86.2. The second-order valence-electron chi connectivity index (χ2n) is 13.8. The lowest BCUT2D eigenvalue weighted by atomic mass is 10.1. The molecule has 26 nitrogen and oxygen atoms in total. The number of esters is 1. The molecule has 5 heterocycles. The molecule has 1 amide bonds. The van der Waals surface area contributed by atoms with Gasteiger partial charge in [0, 0.05) is 19.7 Å². The molecule has 10 atom stereocenters. The summed E-state index contributed by atoms with van der Waals surface area (Å²) in [5.74, 6) is -1.69. The molecule has 0 radical (unpaired) electrons. The molecule has 3 aromatic heterocycles. The lowest BCUT2D eigenvalue weighted by molar-refractivity contribution is -0.166. The van der Waals surface area contributed by atoms with Gasteiger partial charge in [0.1, 0.15) is 60.5 Å². The number of nitrogen functional groups attached to an aromatic ring is 2. The van der Waals surface area contributed by atoms with Gasteiger partial charge in [0.25, 0.3) is 0 Å². The van der Waals surface area contributed by atoms with E-state index in [0.717, 1.165) is 22.0 Å². The Morgan fingerprint density at radius 3 is 2.35 bits per heavy atom. The van der Waals surface area contributed by atoms with Crippen LogP contribution in [0.3, 0.4) is 0 Å². The number of phosphoric ester groups is 2. The van der Waals surface area contributed by atoms with E-state index in [1.165, 1.54) is 42.2 Å². The van der Waals surface area contributed by atoms with Crippen LogP contribution in [0.25, 0.3) is 11.2 Å². The monoisotopic (exact) mass is 945 g/mol. The number of fused-ring (bicyclic) bond motifs is 1. The zero-order valence-corrected chi connectivity index (χ0v) is 35.4. The largest absolute Gasteiger partial charge is 0.489 e. The number of aliphatic hydroxyl groups excluding tert-OH is 2. The number of anilines is 2. The molecule has 6 rings (SSSR count). The number of ether oxygens (including phenoxy) is 4. The molecule has 2 fully saturated rings. The van der Waals surface area contributed by atoms with Crippen molar-refractivity contribution in [3.05, 3.63) is 77.3 Å². The summed E-state index contributed by atoms with van der Waals surface area (Å²) in [7, 11) is -9.31. The van der Waals surface area contributed by atoms with Gasteiger partial charge < -0.3 is 60.2 Å². The number of rotatable bonds is 19. The molecule has 2 unspecified atom stereocenters. The van der Waals surface area contributed by atoms with Crippen LogP contribution in [0.5, 0.6) is 5.75 Å². The topological polar surface area (TPSA) is 368 Å². The number of nitrogens with zero attached hydrogens (tertiary/aromatic N) is 7. The van der Waals surface area contributed by atoms with Crippen LogP contribution in [-0.4, -0.2) is 140 Å². The van der Waals surface area contributed by atoms with Gasteiger partial charge in [-0.3, -0.25) is 27.5 Å². The minimum Gasteiger partial charge on any atom is -0.489 e. The number of nitrogens with two attached hydrogens (primary N) is 2. The zero-order valence-electron chi connectivity index (χ0n) is 32.8. The van der Waals surface area contributed by atoms with Crippen molar-refractivity contribution in [3.8, 4) is 5.75 Å². The number of hydrogen-bond donors (Lipinski definition) is 7. The zero-order chi connectivity index (χ0) is 45.8. The van der Waals surface area contributed by atoms with Gasteiger partial charge in [-0.15, -0.1) is 6.58 Å².